The molecule has 0 radical (unpaired) electrons. The number of phenols is 1. The van der Waals surface area contributed by atoms with Crippen molar-refractivity contribution in [2.75, 3.05) is 7.11 Å². The third-order valence-electron chi connectivity index (χ3n) is 3.50. The molecule has 0 spiro atoms. The summed E-state index contributed by atoms with van der Waals surface area (Å²) in [4.78, 5) is 0. The highest BCUT2D eigenvalue weighted by Crippen LogP contribution is 2.41. The Hall–Kier alpha value is -1.22. The predicted molar refractivity (Wildman–Crippen MR) is 62.0 cm³/mol. The van der Waals surface area contributed by atoms with Gasteiger partial charge in [-0.3, -0.25) is 0 Å². The molecule has 16 heavy (non-hydrogen) atoms. The second kappa shape index (κ2) is 3.67. The van der Waals surface area contributed by atoms with Crippen molar-refractivity contribution in [3.8, 4) is 11.5 Å². The molecule has 2 N–H and O–H groups in total. The van der Waals surface area contributed by atoms with Gasteiger partial charge in [0.1, 0.15) is 0 Å². The molecule has 0 saturated heterocycles. The zero-order valence-corrected chi connectivity index (χ0v) is 10.0. The van der Waals surface area contributed by atoms with Crippen LogP contribution in [0.1, 0.15) is 29.5 Å². The average molecular weight is 222 g/mol. The Labute approximate surface area is 95.7 Å². The van der Waals surface area contributed by atoms with Crippen molar-refractivity contribution in [1.82, 2.24) is 0 Å². The third-order valence-corrected chi connectivity index (χ3v) is 3.50. The van der Waals surface area contributed by atoms with E-state index in [1.807, 2.05) is 19.9 Å². The van der Waals surface area contributed by atoms with Gasteiger partial charge in [-0.05, 0) is 49.4 Å². The van der Waals surface area contributed by atoms with E-state index in [0.29, 0.717) is 12.2 Å². The van der Waals surface area contributed by atoms with Gasteiger partial charge in [0.05, 0.1) is 12.7 Å². The molecule has 0 amide bonds. The number of benzene rings is 1. The molecule has 0 unspecified atom stereocenters. The summed E-state index contributed by atoms with van der Waals surface area (Å²) in [6.45, 7) is 3.84. The molecule has 1 aromatic rings. The van der Waals surface area contributed by atoms with E-state index in [-0.39, 0.29) is 5.75 Å². The third kappa shape index (κ3) is 1.87. The number of phenolic OH excluding ortho intramolecular Hbond substituents is 1. The molecule has 0 bridgehead atoms. The number of methoxy groups -OCH3 is 1. The van der Waals surface area contributed by atoms with Crippen molar-refractivity contribution in [1.29, 1.82) is 0 Å². The Morgan fingerprint density at radius 3 is 2.44 bits per heavy atom. The molecule has 1 fully saturated rings. The van der Waals surface area contributed by atoms with Crippen LogP contribution < -0.4 is 4.74 Å². The topological polar surface area (TPSA) is 49.7 Å². The number of hydrogen-bond acceptors (Lipinski definition) is 3. The monoisotopic (exact) mass is 222 g/mol. The molecule has 0 atom stereocenters. The zero-order valence-electron chi connectivity index (χ0n) is 10.0. The highest BCUT2D eigenvalue weighted by atomic mass is 16.5. The molecule has 1 aromatic carbocycles. The van der Waals surface area contributed by atoms with Gasteiger partial charge in [0.15, 0.2) is 11.5 Å². The summed E-state index contributed by atoms with van der Waals surface area (Å²) in [5.41, 5.74) is 2.42. The highest BCUT2D eigenvalue weighted by Gasteiger charge is 2.40. The minimum atomic E-state index is -0.515. The van der Waals surface area contributed by atoms with E-state index in [2.05, 4.69) is 0 Å². The van der Waals surface area contributed by atoms with E-state index >= 15 is 0 Å². The Morgan fingerprint density at radius 1 is 1.31 bits per heavy atom. The van der Waals surface area contributed by atoms with Crippen molar-refractivity contribution in [3.63, 3.8) is 0 Å². The summed E-state index contributed by atoms with van der Waals surface area (Å²) in [5.74, 6) is 0.689. The molecule has 3 heteroatoms. The number of hydrogen-bond donors (Lipinski definition) is 2. The largest absolute Gasteiger partial charge is 0.504 e. The lowest BCUT2D eigenvalue weighted by Crippen LogP contribution is -2.12. The smallest absolute Gasteiger partial charge is 0.161 e. The van der Waals surface area contributed by atoms with Gasteiger partial charge in [0.25, 0.3) is 0 Å². The molecule has 1 saturated carbocycles. The minimum absolute atomic E-state index is 0.200. The number of aromatic hydroxyl groups is 1. The van der Waals surface area contributed by atoms with E-state index in [9.17, 15) is 10.2 Å². The molecule has 88 valence electrons. The summed E-state index contributed by atoms with van der Waals surface area (Å²) in [7, 11) is 1.54. The van der Waals surface area contributed by atoms with Crippen LogP contribution in [0, 0.1) is 13.8 Å². The number of ether oxygens (including phenoxy) is 1. The van der Waals surface area contributed by atoms with E-state index in [4.69, 9.17) is 4.74 Å². The van der Waals surface area contributed by atoms with E-state index in [1.165, 1.54) is 0 Å². The first kappa shape index (κ1) is 11.3. The normalized spacial score (nSPS) is 17.2. The van der Waals surface area contributed by atoms with Crippen LogP contribution in [0.2, 0.25) is 0 Å². The summed E-state index contributed by atoms with van der Waals surface area (Å²) in [6, 6.07) is 1.83. The highest BCUT2D eigenvalue weighted by molar-refractivity contribution is 5.53. The van der Waals surface area contributed by atoms with E-state index in [1.54, 1.807) is 7.11 Å². The molecule has 2 rings (SSSR count). The standard InChI is InChI=1S/C13H18O3/c1-8-9(2)12(14)11(16-3)6-10(8)7-13(15)4-5-13/h6,14-15H,4-5,7H2,1-3H3. The van der Waals surface area contributed by atoms with E-state index < -0.39 is 5.60 Å². The molecule has 1 aliphatic rings. The Kier molecular flexibility index (Phi) is 2.58. The quantitative estimate of drug-likeness (QED) is 0.823. The van der Waals surface area contributed by atoms with Crippen LogP contribution in [-0.4, -0.2) is 22.9 Å². The van der Waals surface area contributed by atoms with Gasteiger partial charge < -0.3 is 14.9 Å². The average Bonchev–Trinajstić information content (AvgIpc) is 2.97. The fourth-order valence-electron chi connectivity index (χ4n) is 1.95. The Bertz CT molecular complexity index is 420. The number of rotatable bonds is 3. The summed E-state index contributed by atoms with van der Waals surface area (Å²) >= 11 is 0. The molecular weight excluding hydrogens is 204 g/mol. The molecular formula is C13H18O3. The van der Waals surface area contributed by atoms with Gasteiger partial charge in [-0.2, -0.15) is 0 Å². The maximum atomic E-state index is 9.93. The maximum absolute atomic E-state index is 9.93. The van der Waals surface area contributed by atoms with Crippen LogP contribution in [0.4, 0.5) is 0 Å². The van der Waals surface area contributed by atoms with Crippen LogP contribution >= 0.6 is 0 Å². The maximum Gasteiger partial charge on any atom is 0.161 e. The lowest BCUT2D eigenvalue weighted by atomic mass is 9.96. The summed E-state index contributed by atoms with van der Waals surface area (Å²) in [6.07, 6.45) is 2.39. The molecule has 0 aromatic heterocycles. The lowest BCUT2D eigenvalue weighted by Gasteiger charge is -2.16. The predicted octanol–water partition coefficient (Wildman–Crippen LogP) is 2.09. The van der Waals surface area contributed by atoms with Crippen LogP contribution in [0.3, 0.4) is 0 Å². The molecule has 0 heterocycles. The van der Waals surface area contributed by atoms with Crippen LogP contribution in [0.5, 0.6) is 11.5 Å². The first-order valence-corrected chi connectivity index (χ1v) is 5.55. The van der Waals surface area contributed by atoms with Crippen LogP contribution in [0.25, 0.3) is 0 Å². The Balaban J connectivity index is 2.40. The zero-order chi connectivity index (χ0) is 11.9. The van der Waals surface area contributed by atoms with Gasteiger partial charge >= 0.3 is 0 Å². The van der Waals surface area contributed by atoms with Crippen molar-refractivity contribution in [2.24, 2.45) is 0 Å². The van der Waals surface area contributed by atoms with E-state index in [0.717, 1.165) is 29.5 Å². The first-order valence-electron chi connectivity index (χ1n) is 5.55. The van der Waals surface area contributed by atoms with Gasteiger partial charge in [-0.1, -0.05) is 0 Å². The van der Waals surface area contributed by atoms with Gasteiger partial charge in [-0.15, -0.1) is 0 Å². The second-order valence-corrected chi connectivity index (χ2v) is 4.74. The van der Waals surface area contributed by atoms with Crippen molar-refractivity contribution >= 4 is 0 Å². The van der Waals surface area contributed by atoms with Gasteiger partial charge in [-0.25, -0.2) is 0 Å². The SMILES string of the molecule is COc1cc(CC2(O)CC2)c(C)c(C)c1O. The van der Waals surface area contributed by atoms with Crippen LogP contribution in [-0.2, 0) is 6.42 Å². The van der Waals surface area contributed by atoms with Crippen LogP contribution in [0.15, 0.2) is 6.07 Å². The lowest BCUT2D eigenvalue weighted by molar-refractivity contribution is 0.150. The Morgan fingerprint density at radius 2 is 1.94 bits per heavy atom. The molecule has 1 aliphatic carbocycles. The molecule has 0 aliphatic heterocycles. The first-order chi connectivity index (χ1) is 7.47. The fourth-order valence-corrected chi connectivity index (χ4v) is 1.95. The number of aliphatic hydroxyl groups is 1. The fraction of sp³-hybridized carbons (Fsp3) is 0.538. The van der Waals surface area contributed by atoms with Crippen molar-refractivity contribution in [2.45, 2.75) is 38.7 Å². The summed E-state index contributed by atoms with van der Waals surface area (Å²) < 4.78 is 5.12. The van der Waals surface area contributed by atoms with Crippen molar-refractivity contribution in [3.05, 3.63) is 22.8 Å². The minimum Gasteiger partial charge on any atom is -0.504 e. The van der Waals surface area contributed by atoms with Gasteiger partial charge in [0.2, 0.25) is 0 Å². The van der Waals surface area contributed by atoms with Gasteiger partial charge in [0, 0.05) is 6.42 Å². The summed E-state index contributed by atoms with van der Waals surface area (Å²) in [5, 5.41) is 19.8. The molecule has 3 nitrogen and oxygen atoms in total. The second-order valence-electron chi connectivity index (χ2n) is 4.74. The van der Waals surface area contributed by atoms with Crippen molar-refractivity contribution < 1.29 is 14.9 Å².